The predicted molar refractivity (Wildman–Crippen MR) is 103 cm³/mol. The number of fused-ring (bicyclic) bond motifs is 1. The Labute approximate surface area is 155 Å². The highest BCUT2D eigenvalue weighted by Gasteiger charge is 2.51. The number of rotatable bonds is 6. The molecule has 138 valence electrons. The Morgan fingerprint density at radius 3 is 2.42 bits per heavy atom. The third kappa shape index (κ3) is 3.18. The van der Waals surface area contributed by atoms with E-state index >= 15 is 0 Å². The van der Waals surface area contributed by atoms with Crippen molar-refractivity contribution in [3.63, 3.8) is 0 Å². The summed E-state index contributed by atoms with van der Waals surface area (Å²) in [6.45, 7) is 0.903. The molecule has 4 atom stereocenters. The van der Waals surface area contributed by atoms with E-state index in [2.05, 4.69) is 34.6 Å². The van der Waals surface area contributed by atoms with Crippen LogP contribution < -0.4 is 14.8 Å². The molecule has 0 bridgehead atoms. The molecular formula is C22H28N2O2. The van der Waals surface area contributed by atoms with Crippen molar-refractivity contribution >= 4 is 0 Å². The van der Waals surface area contributed by atoms with Gasteiger partial charge in [0.25, 0.3) is 0 Å². The molecule has 2 aromatic rings. The second-order valence-corrected chi connectivity index (χ2v) is 7.51. The Kier molecular flexibility index (Phi) is 5.11. The topological polar surface area (TPSA) is 43.4 Å². The lowest BCUT2D eigenvalue weighted by atomic mass is 9.53. The van der Waals surface area contributed by atoms with E-state index in [1.54, 1.807) is 14.2 Å². The summed E-state index contributed by atoms with van der Waals surface area (Å²) < 4.78 is 11.0. The number of benzene rings is 1. The lowest BCUT2D eigenvalue weighted by Gasteiger charge is -2.55. The van der Waals surface area contributed by atoms with Gasteiger partial charge >= 0.3 is 0 Å². The van der Waals surface area contributed by atoms with Gasteiger partial charge in [-0.15, -0.1) is 0 Å². The quantitative estimate of drug-likeness (QED) is 0.848. The van der Waals surface area contributed by atoms with Crippen LogP contribution in [0.25, 0.3) is 0 Å². The first kappa shape index (κ1) is 17.3. The Hall–Kier alpha value is -2.07. The summed E-state index contributed by atoms with van der Waals surface area (Å²) in [5.41, 5.74) is 2.67. The van der Waals surface area contributed by atoms with Gasteiger partial charge in [-0.2, -0.15) is 0 Å². The summed E-state index contributed by atoms with van der Waals surface area (Å²) in [5.74, 6) is 3.77. The van der Waals surface area contributed by atoms with Gasteiger partial charge in [0.1, 0.15) is 0 Å². The van der Waals surface area contributed by atoms with Crippen molar-refractivity contribution in [2.45, 2.75) is 44.2 Å². The number of hydrogen-bond donors (Lipinski definition) is 1. The van der Waals surface area contributed by atoms with Crippen molar-refractivity contribution in [1.29, 1.82) is 0 Å². The number of hydrogen-bond acceptors (Lipinski definition) is 4. The smallest absolute Gasteiger partial charge is 0.160 e. The normalized spacial score (nSPS) is 27.3. The molecular weight excluding hydrogens is 324 g/mol. The van der Waals surface area contributed by atoms with Crippen molar-refractivity contribution in [3.05, 3.63) is 53.9 Å². The van der Waals surface area contributed by atoms with E-state index < -0.39 is 0 Å². The Balaban J connectivity index is 1.55. The molecule has 0 radical (unpaired) electrons. The van der Waals surface area contributed by atoms with E-state index in [9.17, 15) is 0 Å². The van der Waals surface area contributed by atoms with Gasteiger partial charge in [-0.25, -0.2) is 0 Å². The number of aromatic nitrogens is 1. The van der Waals surface area contributed by atoms with Crippen LogP contribution in [0.15, 0.2) is 42.7 Å². The molecule has 26 heavy (non-hydrogen) atoms. The van der Waals surface area contributed by atoms with E-state index in [0.717, 1.165) is 29.9 Å². The molecule has 2 unspecified atom stereocenters. The summed E-state index contributed by atoms with van der Waals surface area (Å²) in [5, 5.41) is 3.85. The molecule has 2 saturated carbocycles. The van der Waals surface area contributed by atoms with Gasteiger partial charge in [0.05, 0.1) is 14.2 Å². The lowest BCUT2D eigenvalue weighted by Crippen LogP contribution is -2.57. The maximum Gasteiger partial charge on any atom is 0.160 e. The first-order valence-electron chi connectivity index (χ1n) is 9.66. The molecule has 0 spiro atoms. The van der Waals surface area contributed by atoms with Crippen LogP contribution >= 0.6 is 0 Å². The van der Waals surface area contributed by atoms with Gasteiger partial charge < -0.3 is 14.8 Å². The van der Waals surface area contributed by atoms with Crippen molar-refractivity contribution in [1.82, 2.24) is 10.3 Å². The number of ether oxygens (including phenoxy) is 2. The molecule has 4 nitrogen and oxygen atoms in total. The molecule has 1 aromatic heterocycles. The highest BCUT2D eigenvalue weighted by atomic mass is 16.5. The van der Waals surface area contributed by atoms with Crippen LogP contribution in [-0.4, -0.2) is 25.2 Å². The number of pyridine rings is 1. The van der Waals surface area contributed by atoms with Crippen molar-refractivity contribution in [2.24, 2.45) is 11.8 Å². The zero-order chi connectivity index (χ0) is 17.9. The van der Waals surface area contributed by atoms with Crippen LogP contribution in [0.5, 0.6) is 11.5 Å². The third-order valence-corrected chi connectivity index (χ3v) is 6.27. The maximum absolute atomic E-state index is 5.54. The van der Waals surface area contributed by atoms with Gasteiger partial charge in [-0.1, -0.05) is 18.9 Å². The number of methoxy groups -OCH3 is 2. The van der Waals surface area contributed by atoms with Crippen molar-refractivity contribution in [2.75, 3.05) is 14.2 Å². The second kappa shape index (κ2) is 7.67. The molecule has 1 aromatic carbocycles. The summed E-state index contributed by atoms with van der Waals surface area (Å²) >= 11 is 0. The van der Waals surface area contributed by atoms with Crippen LogP contribution in [-0.2, 0) is 6.54 Å². The molecule has 1 N–H and O–H groups in total. The first-order chi connectivity index (χ1) is 12.8. The van der Waals surface area contributed by atoms with Crippen LogP contribution in [0, 0.1) is 11.8 Å². The van der Waals surface area contributed by atoms with Gasteiger partial charge in [0.2, 0.25) is 0 Å². The van der Waals surface area contributed by atoms with Gasteiger partial charge in [-0.3, -0.25) is 4.98 Å². The summed E-state index contributed by atoms with van der Waals surface area (Å²) in [6, 6.07) is 11.2. The molecule has 1 heterocycles. The maximum atomic E-state index is 5.54. The fourth-order valence-electron chi connectivity index (χ4n) is 5.00. The molecule has 2 aliphatic rings. The average molecular weight is 352 g/mol. The van der Waals surface area contributed by atoms with Gasteiger partial charge in [0, 0.05) is 30.9 Å². The minimum absolute atomic E-state index is 0.534. The zero-order valence-corrected chi connectivity index (χ0v) is 15.7. The SMILES string of the molecule is COc1ccc([C@H]2C3CCCCC3[C@@H]2NCc2ccncc2)cc1OC. The van der Waals surface area contributed by atoms with Crippen LogP contribution in [0.1, 0.15) is 42.7 Å². The third-order valence-electron chi connectivity index (χ3n) is 6.27. The number of nitrogens with one attached hydrogen (secondary N) is 1. The molecule has 2 aliphatic carbocycles. The summed E-state index contributed by atoms with van der Waals surface area (Å²) in [7, 11) is 3.40. The van der Waals surface area contributed by atoms with Crippen LogP contribution in [0.3, 0.4) is 0 Å². The largest absolute Gasteiger partial charge is 0.493 e. The molecule has 2 fully saturated rings. The Bertz CT molecular complexity index is 734. The predicted octanol–water partition coefficient (Wildman–Crippen LogP) is 4.16. The minimum atomic E-state index is 0.534. The zero-order valence-electron chi connectivity index (χ0n) is 15.7. The van der Waals surface area contributed by atoms with Crippen molar-refractivity contribution < 1.29 is 9.47 Å². The van der Waals surface area contributed by atoms with E-state index in [-0.39, 0.29) is 0 Å². The van der Waals surface area contributed by atoms with E-state index in [4.69, 9.17) is 9.47 Å². The van der Waals surface area contributed by atoms with Gasteiger partial charge in [0.15, 0.2) is 11.5 Å². The molecule has 0 amide bonds. The van der Waals surface area contributed by atoms with E-state index in [1.807, 2.05) is 18.5 Å². The average Bonchev–Trinajstić information content (AvgIpc) is 2.69. The first-order valence-corrected chi connectivity index (χ1v) is 9.66. The summed E-state index contributed by atoms with van der Waals surface area (Å²) in [6.07, 6.45) is 9.16. The summed E-state index contributed by atoms with van der Waals surface area (Å²) in [4.78, 5) is 4.12. The lowest BCUT2D eigenvalue weighted by molar-refractivity contribution is 0.0253. The Morgan fingerprint density at radius 2 is 1.69 bits per heavy atom. The molecule has 4 rings (SSSR count). The van der Waals surface area contributed by atoms with Crippen LogP contribution in [0.2, 0.25) is 0 Å². The van der Waals surface area contributed by atoms with Crippen molar-refractivity contribution in [3.8, 4) is 11.5 Å². The van der Waals surface area contributed by atoms with E-state index in [0.29, 0.717) is 12.0 Å². The highest BCUT2D eigenvalue weighted by Crippen LogP contribution is 2.55. The standard InChI is InChI=1S/C22H28N2O2/c1-25-19-8-7-16(13-20(19)26-2)21-17-5-3-4-6-18(17)22(21)24-14-15-9-11-23-12-10-15/h7-13,17-18,21-22,24H,3-6,14H2,1-2H3/t17?,18?,21-,22-/m0/s1. The highest BCUT2D eigenvalue weighted by molar-refractivity contribution is 5.45. The fraction of sp³-hybridized carbons (Fsp3) is 0.500. The second-order valence-electron chi connectivity index (χ2n) is 7.51. The molecule has 0 aliphatic heterocycles. The molecule has 0 saturated heterocycles. The van der Waals surface area contributed by atoms with Crippen LogP contribution in [0.4, 0.5) is 0 Å². The number of nitrogens with zero attached hydrogens (tertiary/aromatic N) is 1. The monoisotopic (exact) mass is 352 g/mol. The Morgan fingerprint density at radius 1 is 0.962 bits per heavy atom. The molecule has 4 heteroatoms. The minimum Gasteiger partial charge on any atom is -0.493 e. The van der Waals surface area contributed by atoms with Gasteiger partial charge in [-0.05, 0) is 60.1 Å². The fourth-order valence-corrected chi connectivity index (χ4v) is 5.00. The van der Waals surface area contributed by atoms with E-state index in [1.165, 1.54) is 36.8 Å².